The second-order valence-corrected chi connectivity index (χ2v) is 9.13. The Labute approximate surface area is 203 Å². The van der Waals surface area contributed by atoms with Crippen molar-refractivity contribution >= 4 is 33.8 Å². The molecule has 1 aromatic heterocycles. The van der Waals surface area contributed by atoms with Crippen LogP contribution in [0.25, 0.3) is 11.3 Å². The number of Topliss-reactive ketones (excluding diaryl/α,β-unsaturated/α-hetero) is 1. The smallest absolute Gasteiger partial charge is 0.251 e. The molecule has 34 heavy (non-hydrogen) atoms. The van der Waals surface area contributed by atoms with Gasteiger partial charge < -0.3 is 10.6 Å². The van der Waals surface area contributed by atoms with Gasteiger partial charge in [-0.15, -0.1) is 11.3 Å². The first-order chi connectivity index (χ1) is 16.5. The number of amides is 1. The minimum atomic E-state index is -0.578. The summed E-state index contributed by atoms with van der Waals surface area (Å²) in [7, 11) is 0. The van der Waals surface area contributed by atoms with Crippen LogP contribution < -0.4 is 10.6 Å². The zero-order valence-electron chi connectivity index (χ0n) is 19.2. The molecule has 0 unspecified atom stereocenters. The van der Waals surface area contributed by atoms with E-state index in [2.05, 4.69) is 29.7 Å². The van der Waals surface area contributed by atoms with E-state index in [1.54, 1.807) is 23.5 Å². The largest absolute Gasteiger partial charge is 0.342 e. The lowest BCUT2D eigenvalue weighted by Crippen LogP contribution is -2.41. The number of thiazole rings is 1. The lowest BCUT2D eigenvalue weighted by Gasteiger charge is -2.16. The van der Waals surface area contributed by atoms with Crippen LogP contribution in [0.1, 0.15) is 34.6 Å². The number of carbonyl (C=O) groups excluding carboxylic acids is 2. The minimum Gasteiger partial charge on any atom is -0.342 e. The highest BCUT2D eigenvalue weighted by Gasteiger charge is 2.19. The molecule has 0 aliphatic carbocycles. The zero-order valence-corrected chi connectivity index (χ0v) is 20.1. The number of benzene rings is 3. The van der Waals surface area contributed by atoms with E-state index in [1.807, 2.05) is 60.7 Å². The Kier molecular flexibility index (Phi) is 7.50. The van der Waals surface area contributed by atoms with Gasteiger partial charge in [0.15, 0.2) is 10.9 Å². The van der Waals surface area contributed by atoms with Crippen molar-refractivity contribution in [3.63, 3.8) is 0 Å². The molecular formula is C28H27N3O2S. The summed E-state index contributed by atoms with van der Waals surface area (Å²) in [6.45, 7) is 3.62. The number of ketones is 1. The summed E-state index contributed by atoms with van der Waals surface area (Å²) < 4.78 is 0. The van der Waals surface area contributed by atoms with E-state index in [9.17, 15) is 9.59 Å². The number of hydrogen-bond acceptors (Lipinski definition) is 5. The van der Waals surface area contributed by atoms with Gasteiger partial charge >= 0.3 is 0 Å². The van der Waals surface area contributed by atoms with Gasteiger partial charge in [0, 0.05) is 21.7 Å². The molecule has 1 atom stereocenters. The maximum absolute atomic E-state index is 12.9. The maximum atomic E-state index is 12.9. The van der Waals surface area contributed by atoms with Crippen molar-refractivity contribution in [3.05, 3.63) is 101 Å². The lowest BCUT2D eigenvalue weighted by atomic mass is 10.0. The van der Waals surface area contributed by atoms with Gasteiger partial charge in [-0.3, -0.25) is 9.59 Å². The predicted molar refractivity (Wildman–Crippen MR) is 139 cm³/mol. The molecule has 0 bridgehead atoms. The van der Waals surface area contributed by atoms with E-state index in [4.69, 9.17) is 4.98 Å². The third-order valence-electron chi connectivity index (χ3n) is 5.52. The summed E-state index contributed by atoms with van der Waals surface area (Å²) >= 11 is 1.61. The molecule has 172 valence electrons. The van der Waals surface area contributed by atoms with Gasteiger partial charge in [0.1, 0.15) is 0 Å². The van der Waals surface area contributed by atoms with Crippen LogP contribution in [0.4, 0.5) is 10.8 Å². The Morgan fingerprint density at radius 2 is 1.65 bits per heavy atom. The molecule has 6 heteroatoms. The van der Waals surface area contributed by atoms with E-state index in [0.717, 1.165) is 34.1 Å². The van der Waals surface area contributed by atoms with Crippen LogP contribution in [0.15, 0.2) is 84.9 Å². The molecule has 0 fully saturated rings. The first kappa shape index (κ1) is 23.4. The Bertz CT molecular complexity index is 1270. The van der Waals surface area contributed by atoms with E-state index in [0.29, 0.717) is 12.0 Å². The Balaban J connectivity index is 1.49. The third-order valence-corrected chi connectivity index (χ3v) is 6.64. The van der Waals surface area contributed by atoms with Gasteiger partial charge in [-0.25, -0.2) is 4.98 Å². The maximum Gasteiger partial charge on any atom is 0.251 e. The van der Waals surface area contributed by atoms with Crippen molar-refractivity contribution in [3.8, 4) is 11.3 Å². The Morgan fingerprint density at radius 1 is 0.941 bits per heavy atom. The Hall–Kier alpha value is -3.77. The fraction of sp³-hybridized carbons (Fsp3) is 0.179. The van der Waals surface area contributed by atoms with Crippen LogP contribution in [-0.4, -0.2) is 22.7 Å². The molecule has 3 aromatic carbocycles. The molecule has 0 aliphatic heterocycles. The van der Waals surface area contributed by atoms with E-state index in [1.165, 1.54) is 11.8 Å². The van der Waals surface area contributed by atoms with Gasteiger partial charge in [-0.05, 0) is 43.5 Å². The van der Waals surface area contributed by atoms with Crippen LogP contribution in [0.3, 0.4) is 0 Å². The number of aromatic nitrogens is 1. The van der Waals surface area contributed by atoms with E-state index < -0.39 is 6.04 Å². The van der Waals surface area contributed by atoms with Crippen molar-refractivity contribution in [2.24, 2.45) is 0 Å². The van der Waals surface area contributed by atoms with Crippen LogP contribution in [0.5, 0.6) is 0 Å². The number of nitrogens with zero attached hydrogens (tertiary/aromatic N) is 1. The predicted octanol–water partition coefficient (Wildman–Crippen LogP) is 6.05. The molecule has 0 radical (unpaired) electrons. The van der Waals surface area contributed by atoms with Gasteiger partial charge in [0.25, 0.3) is 5.91 Å². The summed E-state index contributed by atoms with van der Waals surface area (Å²) in [6, 6.07) is 26.5. The van der Waals surface area contributed by atoms with Gasteiger partial charge in [0.2, 0.25) is 0 Å². The Morgan fingerprint density at radius 3 is 2.32 bits per heavy atom. The summed E-state index contributed by atoms with van der Waals surface area (Å²) in [4.78, 5) is 31.1. The average Bonchev–Trinajstić information content (AvgIpc) is 3.27. The third kappa shape index (κ3) is 5.77. The van der Waals surface area contributed by atoms with Crippen LogP contribution in [-0.2, 0) is 17.6 Å². The molecule has 4 rings (SSSR count). The van der Waals surface area contributed by atoms with Gasteiger partial charge in [-0.1, -0.05) is 73.7 Å². The molecule has 0 aliphatic rings. The van der Waals surface area contributed by atoms with Crippen molar-refractivity contribution < 1.29 is 9.59 Å². The molecule has 4 aromatic rings. The number of rotatable bonds is 9. The van der Waals surface area contributed by atoms with Crippen molar-refractivity contribution in [1.29, 1.82) is 0 Å². The molecule has 1 amide bonds. The van der Waals surface area contributed by atoms with E-state index in [-0.39, 0.29) is 11.7 Å². The highest BCUT2D eigenvalue weighted by molar-refractivity contribution is 7.16. The quantitative estimate of drug-likeness (QED) is 0.313. The summed E-state index contributed by atoms with van der Waals surface area (Å²) in [5.41, 5.74) is 4.33. The molecule has 0 spiro atoms. The minimum absolute atomic E-state index is 0.0743. The summed E-state index contributed by atoms with van der Waals surface area (Å²) in [5.74, 6) is -0.354. The van der Waals surface area contributed by atoms with Crippen molar-refractivity contribution in [1.82, 2.24) is 10.3 Å². The number of nitrogens with one attached hydrogen (secondary N) is 2. The monoisotopic (exact) mass is 469 g/mol. The van der Waals surface area contributed by atoms with E-state index >= 15 is 0 Å². The highest BCUT2D eigenvalue weighted by atomic mass is 32.1. The number of carbonyl (C=O) groups is 2. The number of aryl methyl sites for hydroxylation is 1. The van der Waals surface area contributed by atoms with Crippen molar-refractivity contribution in [2.75, 3.05) is 5.32 Å². The second-order valence-electron chi connectivity index (χ2n) is 8.04. The molecule has 5 nitrogen and oxygen atoms in total. The van der Waals surface area contributed by atoms with Crippen molar-refractivity contribution in [2.45, 2.75) is 32.7 Å². The van der Waals surface area contributed by atoms with Crippen LogP contribution in [0, 0.1) is 0 Å². The first-order valence-corrected chi connectivity index (χ1v) is 12.1. The standard InChI is InChI=1S/C28H27N3O2S/c1-3-25-26(21-13-8-5-9-14-21)31-28(34-25)29-23-16-10-15-22(18-23)27(33)30-24(19(2)32)17-20-11-6-4-7-12-20/h4-16,18,24H,3,17H2,1-2H3,(H,29,31)(H,30,33)/t24-/m0/s1. The first-order valence-electron chi connectivity index (χ1n) is 11.3. The highest BCUT2D eigenvalue weighted by Crippen LogP contribution is 2.33. The van der Waals surface area contributed by atoms with Gasteiger partial charge in [-0.2, -0.15) is 0 Å². The number of hydrogen-bond donors (Lipinski definition) is 2. The average molecular weight is 470 g/mol. The molecular weight excluding hydrogens is 442 g/mol. The van der Waals surface area contributed by atoms with Gasteiger partial charge in [0.05, 0.1) is 11.7 Å². The topological polar surface area (TPSA) is 71.1 Å². The summed E-state index contributed by atoms with van der Waals surface area (Å²) in [5, 5.41) is 7.00. The SMILES string of the molecule is CCc1sc(Nc2cccc(C(=O)N[C@@H](Cc3ccccc3)C(C)=O)c2)nc1-c1ccccc1. The second kappa shape index (κ2) is 10.9. The van der Waals surface area contributed by atoms with Crippen LogP contribution >= 0.6 is 11.3 Å². The molecule has 1 heterocycles. The lowest BCUT2D eigenvalue weighted by molar-refractivity contribution is -0.118. The molecule has 0 saturated heterocycles. The fourth-order valence-corrected chi connectivity index (χ4v) is 4.66. The molecule has 0 saturated carbocycles. The normalized spacial score (nSPS) is 11.6. The fourth-order valence-electron chi connectivity index (χ4n) is 3.72. The zero-order chi connectivity index (χ0) is 23.9. The number of anilines is 2. The summed E-state index contributed by atoms with van der Waals surface area (Å²) in [6.07, 6.45) is 1.35. The van der Waals surface area contributed by atoms with Crippen LogP contribution in [0.2, 0.25) is 0 Å². The molecule has 2 N–H and O–H groups in total.